The first kappa shape index (κ1) is 12.2. The number of rotatable bonds is 3. The fourth-order valence-corrected chi connectivity index (χ4v) is 1.10. The Morgan fingerprint density at radius 1 is 1.38 bits per heavy atom. The van der Waals surface area contributed by atoms with Crippen molar-refractivity contribution in [1.82, 2.24) is 4.90 Å². The second-order valence-electron chi connectivity index (χ2n) is 3.64. The summed E-state index contributed by atoms with van der Waals surface area (Å²) in [6.45, 7) is 3.03. The van der Waals surface area contributed by atoms with Gasteiger partial charge in [-0.15, -0.1) is 0 Å². The zero-order valence-electron chi connectivity index (χ0n) is 9.46. The van der Waals surface area contributed by atoms with Gasteiger partial charge in [0.2, 0.25) is 0 Å². The molecule has 0 aliphatic heterocycles. The molecule has 0 spiro atoms. The van der Waals surface area contributed by atoms with Crippen LogP contribution >= 0.6 is 0 Å². The van der Waals surface area contributed by atoms with Crippen LogP contribution in [0, 0.1) is 0 Å². The molecule has 1 aromatic carbocycles. The summed E-state index contributed by atoms with van der Waals surface area (Å²) in [5, 5.41) is 2.69. The summed E-state index contributed by atoms with van der Waals surface area (Å²) in [7, 11) is 3.32. The van der Waals surface area contributed by atoms with Crippen molar-refractivity contribution >= 4 is 17.3 Å². The largest absolute Gasteiger partial charge is 0.331 e. The number of carbonyl (C=O) groups excluding carboxylic acids is 1. The molecule has 0 atom stereocenters. The zero-order valence-corrected chi connectivity index (χ0v) is 9.46. The Bertz CT molecular complexity index is 385. The van der Waals surface area contributed by atoms with Gasteiger partial charge in [-0.3, -0.25) is 0 Å². The molecule has 1 N–H and O–H groups in total. The van der Waals surface area contributed by atoms with E-state index in [4.69, 9.17) is 0 Å². The van der Waals surface area contributed by atoms with E-state index in [1.165, 1.54) is 4.90 Å². The van der Waals surface area contributed by atoms with Gasteiger partial charge in [-0.2, -0.15) is 0 Å². The van der Waals surface area contributed by atoms with Crippen molar-refractivity contribution in [2.75, 3.05) is 26.1 Å². The monoisotopic (exact) mass is 222 g/mol. The molecule has 0 heterocycles. The van der Waals surface area contributed by atoms with Gasteiger partial charge < -0.3 is 10.2 Å². The molecule has 0 unspecified atom stereocenters. The lowest BCUT2D eigenvalue weighted by molar-refractivity contribution is 0.230. The van der Waals surface area contributed by atoms with E-state index >= 15 is 0 Å². The molecule has 0 aliphatic rings. The number of nitrogens with one attached hydrogen (secondary N) is 1. The van der Waals surface area contributed by atoms with Crippen LogP contribution in [0.15, 0.2) is 30.8 Å². The highest BCUT2D eigenvalue weighted by Gasteiger charge is 2.04. The fraction of sp³-hybridized carbons (Fsp3) is 0.250. The predicted molar refractivity (Wildman–Crippen MR) is 64.2 cm³/mol. The molecule has 0 aliphatic carbocycles. The van der Waals surface area contributed by atoms with Crippen molar-refractivity contribution in [3.05, 3.63) is 36.4 Å². The molecule has 16 heavy (non-hydrogen) atoms. The van der Waals surface area contributed by atoms with E-state index in [1.54, 1.807) is 38.4 Å². The quantitative estimate of drug-likeness (QED) is 0.838. The van der Waals surface area contributed by atoms with Crippen LogP contribution in [0.2, 0.25) is 0 Å². The number of alkyl halides is 1. The lowest BCUT2D eigenvalue weighted by Gasteiger charge is -2.12. The maximum absolute atomic E-state index is 12.3. The van der Waals surface area contributed by atoms with Gasteiger partial charge >= 0.3 is 6.03 Å². The first-order chi connectivity index (χ1) is 7.54. The molecule has 0 saturated heterocycles. The Kier molecular flexibility index (Phi) is 4.05. The minimum Gasteiger partial charge on any atom is -0.331 e. The fourth-order valence-electron chi connectivity index (χ4n) is 1.10. The molecule has 2 amide bonds. The Balaban J connectivity index is 2.72. The van der Waals surface area contributed by atoms with Gasteiger partial charge in [0.05, 0.1) is 0 Å². The molecule has 1 aromatic rings. The summed E-state index contributed by atoms with van der Waals surface area (Å²) in [5.41, 5.74) is 1.85. The van der Waals surface area contributed by atoms with Crippen LogP contribution in [-0.4, -0.2) is 31.7 Å². The van der Waals surface area contributed by atoms with Crippen molar-refractivity contribution in [1.29, 1.82) is 0 Å². The van der Waals surface area contributed by atoms with Gasteiger partial charge in [0.25, 0.3) is 0 Å². The number of hydrogen-bond donors (Lipinski definition) is 1. The summed E-state index contributed by atoms with van der Waals surface area (Å²) in [6.07, 6.45) is 0. The summed E-state index contributed by atoms with van der Waals surface area (Å²) in [6, 6.07) is 6.70. The second-order valence-corrected chi connectivity index (χ2v) is 3.64. The molecule has 0 bridgehead atoms. The van der Waals surface area contributed by atoms with Crippen LogP contribution in [-0.2, 0) is 0 Å². The molecule has 0 radical (unpaired) electrons. The number of hydrogen-bond acceptors (Lipinski definition) is 1. The third-order valence-corrected chi connectivity index (χ3v) is 2.11. The number of halogens is 1. The molecule has 1 rings (SSSR count). The van der Waals surface area contributed by atoms with Gasteiger partial charge in [0, 0.05) is 19.8 Å². The van der Waals surface area contributed by atoms with E-state index in [1.807, 2.05) is 0 Å². The van der Waals surface area contributed by atoms with Crippen molar-refractivity contribution in [2.45, 2.75) is 0 Å². The standard InChI is InChI=1S/C12H15FN2O/c1-9(8-13)10-4-6-11(7-5-10)14-12(16)15(2)3/h4-7H,1,8H2,2-3H3,(H,14,16). The van der Waals surface area contributed by atoms with Crippen LogP contribution in [0.4, 0.5) is 14.9 Å². The van der Waals surface area contributed by atoms with E-state index < -0.39 is 6.67 Å². The van der Waals surface area contributed by atoms with Gasteiger partial charge in [-0.05, 0) is 23.3 Å². The molecule has 86 valence electrons. The number of nitrogens with zero attached hydrogens (tertiary/aromatic N) is 1. The molecule has 4 heteroatoms. The smallest absolute Gasteiger partial charge is 0.321 e. The van der Waals surface area contributed by atoms with Gasteiger partial charge in [0.15, 0.2) is 0 Å². The highest BCUT2D eigenvalue weighted by Crippen LogP contribution is 2.16. The Morgan fingerprint density at radius 3 is 2.38 bits per heavy atom. The average Bonchev–Trinajstić information content (AvgIpc) is 2.28. The highest BCUT2D eigenvalue weighted by atomic mass is 19.1. The minimum absolute atomic E-state index is 0.197. The van der Waals surface area contributed by atoms with Crippen molar-refractivity contribution in [3.8, 4) is 0 Å². The van der Waals surface area contributed by atoms with Crippen LogP contribution in [0.5, 0.6) is 0 Å². The first-order valence-electron chi connectivity index (χ1n) is 4.87. The molecule has 0 aromatic heterocycles. The first-order valence-corrected chi connectivity index (χ1v) is 4.87. The number of allylic oxidation sites excluding steroid dienone is 1. The van der Waals surface area contributed by atoms with Crippen molar-refractivity contribution < 1.29 is 9.18 Å². The van der Waals surface area contributed by atoms with E-state index in [9.17, 15) is 9.18 Å². The third kappa shape index (κ3) is 3.08. The number of anilines is 1. The number of amides is 2. The Morgan fingerprint density at radius 2 is 1.94 bits per heavy atom. The SMILES string of the molecule is C=C(CF)c1ccc(NC(=O)N(C)C)cc1. The molecule has 0 saturated carbocycles. The normalized spacial score (nSPS) is 9.69. The lowest BCUT2D eigenvalue weighted by Crippen LogP contribution is -2.27. The van der Waals surface area contributed by atoms with Gasteiger partial charge in [-0.1, -0.05) is 18.7 Å². The lowest BCUT2D eigenvalue weighted by atomic mass is 10.1. The van der Waals surface area contributed by atoms with Crippen LogP contribution in [0.3, 0.4) is 0 Å². The number of benzene rings is 1. The van der Waals surface area contributed by atoms with E-state index in [-0.39, 0.29) is 6.03 Å². The summed E-state index contributed by atoms with van der Waals surface area (Å²) < 4.78 is 12.3. The Hall–Kier alpha value is -1.84. The predicted octanol–water partition coefficient (Wildman–Crippen LogP) is 2.76. The van der Waals surface area contributed by atoms with E-state index in [0.29, 0.717) is 11.3 Å². The van der Waals surface area contributed by atoms with E-state index in [2.05, 4.69) is 11.9 Å². The highest BCUT2D eigenvalue weighted by molar-refractivity contribution is 5.89. The molecular formula is C12H15FN2O. The summed E-state index contributed by atoms with van der Waals surface area (Å²) in [4.78, 5) is 12.8. The zero-order chi connectivity index (χ0) is 12.1. The van der Waals surface area contributed by atoms with Crippen LogP contribution < -0.4 is 5.32 Å². The maximum atomic E-state index is 12.3. The number of carbonyl (C=O) groups is 1. The summed E-state index contributed by atoms with van der Waals surface area (Å²) in [5.74, 6) is 0. The van der Waals surface area contributed by atoms with Gasteiger partial charge in [-0.25, -0.2) is 9.18 Å². The molecule has 0 fully saturated rings. The minimum atomic E-state index is -0.566. The molecule has 3 nitrogen and oxygen atoms in total. The van der Waals surface area contributed by atoms with Crippen LogP contribution in [0.1, 0.15) is 5.56 Å². The van der Waals surface area contributed by atoms with Crippen molar-refractivity contribution in [3.63, 3.8) is 0 Å². The topological polar surface area (TPSA) is 32.3 Å². The third-order valence-electron chi connectivity index (χ3n) is 2.11. The van der Waals surface area contributed by atoms with Crippen molar-refractivity contribution in [2.24, 2.45) is 0 Å². The summed E-state index contributed by atoms with van der Waals surface area (Å²) >= 11 is 0. The maximum Gasteiger partial charge on any atom is 0.321 e. The Labute approximate surface area is 94.6 Å². The number of urea groups is 1. The average molecular weight is 222 g/mol. The van der Waals surface area contributed by atoms with E-state index in [0.717, 1.165) is 5.56 Å². The second kappa shape index (κ2) is 5.30. The molecular weight excluding hydrogens is 207 g/mol. The van der Waals surface area contributed by atoms with Crippen LogP contribution in [0.25, 0.3) is 5.57 Å². The van der Waals surface area contributed by atoms with Gasteiger partial charge in [0.1, 0.15) is 6.67 Å².